The highest BCUT2D eigenvalue weighted by Gasteiger charge is 2.37. The summed E-state index contributed by atoms with van der Waals surface area (Å²) in [5, 5.41) is 4.81. The number of carbonyl (C=O) groups is 2. The lowest BCUT2D eigenvalue weighted by Gasteiger charge is -2.23. The molecule has 1 heterocycles. The van der Waals surface area contributed by atoms with E-state index < -0.39 is 47.1 Å². The first-order chi connectivity index (χ1) is 12.4. The van der Waals surface area contributed by atoms with Crippen molar-refractivity contribution in [2.24, 2.45) is 5.92 Å². The van der Waals surface area contributed by atoms with Crippen LogP contribution in [-0.4, -0.2) is 36.9 Å². The Bertz CT molecular complexity index is 716. The van der Waals surface area contributed by atoms with Gasteiger partial charge in [-0.3, -0.25) is 4.79 Å². The highest BCUT2D eigenvalue weighted by Crippen LogP contribution is 2.33. The molecule has 1 aliphatic rings. The van der Waals surface area contributed by atoms with Crippen LogP contribution in [0.4, 0.5) is 28.0 Å². The fraction of sp³-hybridized carbons (Fsp3) is 0.529. The zero-order chi connectivity index (χ0) is 20.4. The minimum Gasteiger partial charge on any atom is -0.444 e. The Morgan fingerprint density at radius 1 is 1.19 bits per heavy atom. The van der Waals surface area contributed by atoms with Crippen LogP contribution in [0.25, 0.3) is 0 Å². The third-order valence-electron chi connectivity index (χ3n) is 3.66. The number of alkyl carbamates (subject to hydrolysis) is 1. The van der Waals surface area contributed by atoms with Crippen LogP contribution in [0.15, 0.2) is 18.2 Å². The molecule has 0 aromatic heterocycles. The highest BCUT2D eigenvalue weighted by molar-refractivity contribution is 5.93. The molecule has 6 nitrogen and oxygen atoms in total. The van der Waals surface area contributed by atoms with Gasteiger partial charge in [-0.15, -0.1) is 0 Å². The van der Waals surface area contributed by atoms with Crippen molar-refractivity contribution in [2.45, 2.75) is 38.6 Å². The first-order valence-electron chi connectivity index (χ1n) is 8.11. The van der Waals surface area contributed by atoms with Gasteiger partial charge < -0.3 is 20.1 Å². The van der Waals surface area contributed by atoms with E-state index >= 15 is 0 Å². The van der Waals surface area contributed by atoms with E-state index in [9.17, 15) is 27.2 Å². The normalized spacial score (nSPS) is 20.3. The SMILES string of the molecule is CC(C)(C)OC(=O)N[C@@H]1COC[C@@H]1C(=O)Nc1ccc(F)c(C(F)(F)F)c1. The van der Waals surface area contributed by atoms with Crippen molar-refractivity contribution in [3.63, 3.8) is 0 Å². The van der Waals surface area contributed by atoms with Gasteiger partial charge >= 0.3 is 12.3 Å². The number of hydrogen-bond donors (Lipinski definition) is 2. The number of amides is 2. The van der Waals surface area contributed by atoms with Crippen molar-refractivity contribution >= 4 is 17.7 Å². The van der Waals surface area contributed by atoms with Crippen molar-refractivity contribution < 1.29 is 36.6 Å². The molecule has 1 aromatic carbocycles. The Balaban J connectivity index is 2.06. The monoisotopic (exact) mass is 392 g/mol. The summed E-state index contributed by atoms with van der Waals surface area (Å²) < 4.78 is 61.9. The average molecular weight is 392 g/mol. The van der Waals surface area contributed by atoms with E-state index in [1.165, 1.54) is 0 Å². The summed E-state index contributed by atoms with van der Waals surface area (Å²) >= 11 is 0. The molecule has 0 saturated carbocycles. The van der Waals surface area contributed by atoms with Crippen LogP contribution >= 0.6 is 0 Å². The third kappa shape index (κ3) is 5.81. The number of carbonyl (C=O) groups excluding carboxylic acids is 2. The minimum atomic E-state index is -4.89. The molecule has 0 bridgehead atoms. The van der Waals surface area contributed by atoms with Crippen molar-refractivity contribution in [1.29, 1.82) is 0 Å². The number of benzene rings is 1. The van der Waals surface area contributed by atoms with Gasteiger partial charge in [0.1, 0.15) is 11.4 Å². The van der Waals surface area contributed by atoms with Crippen LogP contribution < -0.4 is 10.6 Å². The fourth-order valence-corrected chi connectivity index (χ4v) is 2.47. The zero-order valence-corrected chi connectivity index (χ0v) is 14.9. The molecule has 2 rings (SSSR count). The molecule has 1 fully saturated rings. The molecule has 1 saturated heterocycles. The van der Waals surface area contributed by atoms with Crippen LogP contribution in [0, 0.1) is 11.7 Å². The van der Waals surface area contributed by atoms with E-state index in [2.05, 4.69) is 10.6 Å². The second-order valence-corrected chi connectivity index (χ2v) is 7.08. The summed E-state index contributed by atoms with van der Waals surface area (Å²) in [5.74, 6) is -2.93. The maximum Gasteiger partial charge on any atom is 0.419 e. The van der Waals surface area contributed by atoms with E-state index in [0.29, 0.717) is 12.1 Å². The number of anilines is 1. The topological polar surface area (TPSA) is 76.7 Å². The van der Waals surface area contributed by atoms with Gasteiger partial charge in [0.05, 0.1) is 30.7 Å². The number of rotatable bonds is 3. The maximum atomic E-state index is 13.3. The smallest absolute Gasteiger partial charge is 0.419 e. The van der Waals surface area contributed by atoms with Gasteiger partial charge in [0.2, 0.25) is 5.91 Å². The summed E-state index contributed by atoms with van der Waals surface area (Å²) in [7, 11) is 0. The predicted molar refractivity (Wildman–Crippen MR) is 87.5 cm³/mol. The van der Waals surface area contributed by atoms with Gasteiger partial charge in [0, 0.05) is 5.69 Å². The first-order valence-corrected chi connectivity index (χ1v) is 8.11. The van der Waals surface area contributed by atoms with Crippen LogP contribution in [0.5, 0.6) is 0 Å². The lowest BCUT2D eigenvalue weighted by molar-refractivity contribution is -0.140. The Morgan fingerprint density at radius 2 is 1.85 bits per heavy atom. The van der Waals surface area contributed by atoms with E-state index in [-0.39, 0.29) is 18.9 Å². The molecule has 27 heavy (non-hydrogen) atoms. The lowest BCUT2D eigenvalue weighted by Crippen LogP contribution is -2.46. The molecule has 1 aromatic rings. The van der Waals surface area contributed by atoms with Crippen LogP contribution in [0.3, 0.4) is 0 Å². The van der Waals surface area contributed by atoms with E-state index in [1.54, 1.807) is 20.8 Å². The van der Waals surface area contributed by atoms with Crippen molar-refractivity contribution in [1.82, 2.24) is 5.32 Å². The fourth-order valence-electron chi connectivity index (χ4n) is 2.47. The Labute approximate surface area is 153 Å². The average Bonchev–Trinajstić information content (AvgIpc) is 2.94. The third-order valence-corrected chi connectivity index (χ3v) is 3.66. The second-order valence-electron chi connectivity index (χ2n) is 7.08. The number of nitrogens with one attached hydrogen (secondary N) is 2. The van der Waals surface area contributed by atoms with Crippen molar-refractivity contribution in [3.05, 3.63) is 29.6 Å². The van der Waals surface area contributed by atoms with Crippen LogP contribution in [0.2, 0.25) is 0 Å². The van der Waals surface area contributed by atoms with E-state index in [4.69, 9.17) is 9.47 Å². The van der Waals surface area contributed by atoms with E-state index in [1.807, 2.05) is 0 Å². The maximum absolute atomic E-state index is 13.3. The molecule has 0 unspecified atom stereocenters. The number of hydrogen-bond acceptors (Lipinski definition) is 4. The van der Waals surface area contributed by atoms with Gasteiger partial charge in [0.25, 0.3) is 0 Å². The van der Waals surface area contributed by atoms with Crippen molar-refractivity contribution in [2.75, 3.05) is 18.5 Å². The van der Waals surface area contributed by atoms with Gasteiger partial charge in [-0.25, -0.2) is 9.18 Å². The zero-order valence-electron chi connectivity index (χ0n) is 14.9. The number of ether oxygens (including phenoxy) is 2. The standard InChI is InChI=1S/C17H20F4N2O4/c1-16(2,3)27-15(25)23-13-8-26-7-10(13)14(24)22-9-4-5-12(18)11(6-9)17(19,20)21/h4-6,10,13H,7-8H2,1-3H3,(H,22,24)(H,23,25)/t10-,13+/m0/s1. The molecular formula is C17H20F4N2O4. The molecule has 0 aliphatic carbocycles. The largest absolute Gasteiger partial charge is 0.444 e. The lowest BCUT2D eigenvalue weighted by atomic mass is 10.0. The van der Waals surface area contributed by atoms with Crippen molar-refractivity contribution in [3.8, 4) is 0 Å². The first kappa shape index (κ1) is 20.9. The summed E-state index contributed by atoms with van der Waals surface area (Å²) in [4.78, 5) is 24.2. The quantitative estimate of drug-likeness (QED) is 0.774. The number of halogens is 4. The summed E-state index contributed by atoms with van der Waals surface area (Å²) in [6.45, 7) is 5.05. The highest BCUT2D eigenvalue weighted by atomic mass is 19.4. The summed E-state index contributed by atoms with van der Waals surface area (Å²) in [6.07, 6.45) is -5.63. The van der Waals surface area contributed by atoms with Gasteiger partial charge in [-0.2, -0.15) is 13.2 Å². The Hall–Kier alpha value is -2.36. The molecule has 150 valence electrons. The van der Waals surface area contributed by atoms with Crippen LogP contribution in [-0.2, 0) is 20.4 Å². The van der Waals surface area contributed by atoms with Gasteiger partial charge in [0.15, 0.2) is 0 Å². The Morgan fingerprint density at radius 3 is 2.44 bits per heavy atom. The van der Waals surface area contributed by atoms with E-state index in [0.717, 1.165) is 6.07 Å². The molecule has 1 aliphatic heterocycles. The molecule has 0 spiro atoms. The number of alkyl halides is 3. The van der Waals surface area contributed by atoms with Gasteiger partial charge in [-0.05, 0) is 39.0 Å². The molecule has 2 atom stereocenters. The molecule has 0 radical (unpaired) electrons. The minimum absolute atomic E-state index is 0.0282. The molecular weight excluding hydrogens is 372 g/mol. The van der Waals surface area contributed by atoms with Gasteiger partial charge in [-0.1, -0.05) is 0 Å². The summed E-state index contributed by atoms with van der Waals surface area (Å²) in [6, 6.07) is 1.45. The second kappa shape index (κ2) is 7.71. The molecule has 2 N–H and O–H groups in total. The molecule has 2 amide bonds. The molecule has 10 heteroatoms. The van der Waals surface area contributed by atoms with Crippen LogP contribution in [0.1, 0.15) is 26.3 Å². The predicted octanol–water partition coefficient (Wildman–Crippen LogP) is 3.32. The Kier molecular flexibility index (Phi) is 5.98. The summed E-state index contributed by atoms with van der Waals surface area (Å²) in [5.41, 5.74) is -2.42.